The molecule has 0 fully saturated rings. The predicted octanol–water partition coefficient (Wildman–Crippen LogP) is 0.325. The van der Waals surface area contributed by atoms with Crippen LogP contribution in [0.25, 0.3) is 45.0 Å². The molecule has 0 radical (unpaired) electrons. The zero-order chi connectivity index (χ0) is 46.2. The van der Waals surface area contributed by atoms with Gasteiger partial charge in [0, 0.05) is 37.1 Å². The molecule has 2 aromatic heterocycles. The summed E-state index contributed by atoms with van der Waals surface area (Å²) in [5, 5.41) is 51.8. The number of hydrogen-bond acceptors (Lipinski definition) is 12. The van der Waals surface area contributed by atoms with E-state index >= 15 is 0 Å². The summed E-state index contributed by atoms with van der Waals surface area (Å²) < 4.78 is 0. The molecule has 6 rings (SSSR count). The van der Waals surface area contributed by atoms with Gasteiger partial charge in [0.25, 0.3) is 0 Å². The zero-order valence-electron chi connectivity index (χ0n) is 40.9. The number of amides is 2. The fourth-order valence-corrected chi connectivity index (χ4v) is 7.55. The van der Waals surface area contributed by atoms with Crippen LogP contribution in [0.4, 0.5) is 0 Å². The summed E-state index contributed by atoms with van der Waals surface area (Å²) in [5.74, 6) is -2.15. The summed E-state index contributed by atoms with van der Waals surface area (Å²) in [4.78, 5) is 52.2. The molecule has 0 bridgehead atoms. The Labute approximate surface area is 428 Å². The van der Waals surface area contributed by atoms with Gasteiger partial charge in [0.1, 0.15) is 0 Å². The van der Waals surface area contributed by atoms with Gasteiger partial charge in [-0.05, 0) is 78.9 Å². The van der Waals surface area contributed by atoms with Crippen LogP contribution < -0.4 is 10.2 Å². The fraction of sp³-hybridized carbons (Fsp3) is 0.375. The number of rotatable bonds is 20. The van der Waals surface area contributed by atoms with Crippen LogP contribution in [-0.2, 0) is 32.3 Å². The van der Waals surface area contributed by atoms with E-state index in [0.717, 1.165) is 70.2 Å². The van der Waals surface area contributed by atoms with Crippen molar-refractivity contribution in [2.75, 3.05) is 0 Å². The first-order chi connectivity index (χ1) is 30.8. The van der Waals surface area contributed by atoms with Gasteiger partial charge in [0.15, 0.2) is 11.6 Å². The van der Waals surface area contributed by atoms with Crippen LogP contribution >= 0.6 is 0 Å². The molecule has 22 nitrogen and oxygen atoms in total. The second-order valence-electron chi connectivity index (χ2n) is 16.3. The van der Waals surface area contributed by atoms with Crippen LogP contribution in [-0.4, -0.2) is 143 Å². The minimum atomic E-state index is -1.23. The fourth-order valence-electron chi connectivity index (χ4n) is 7.55. The molecule has 384 valence electrons. The van der Waals surface area contributed by atoms with Crippen molar-refractivity contribution >= 4 is 46.8 Å². The minimum Gasteiger partial charge on any atom is -0.548 e. The summed E-state index contributed by atoms with van der Waals surface area (Å²) in [5.41, 5.74) is 7.30. The normalized spacial score (nSPS) is 10.8. The van der Waals surface area contributed by atoms with E-state index < -0.39 is 24.0 Å². The molecule has 71 heavy (non-hydrogen) atoms. The Hall–Kier alpha value is -6.57. The Kier molecular flexibility index (Phi) is 32.8. The average molecular weight is 1000 g/mol. The van der Waals surface area contributed by atoms with Gasteiger partial charge in [-0.1, -0.05) is 151 Å². The Morgan fingerprint density at radius 1 is 0.507 bits per heavy atom. The van der Waals surface area contributed by atoms with Crippen molar-refractivity contribution < 1.29 is 62.2 Å². The van der Waals surface area contributed by atoms with E-state index in [1.54, 1.807) is 27.7 Å². The van der Waals surface area contributed by atoms with E-state index in [2.05, 4.69) is 41.2 Å². The molecule has 0 aliphatic carbocycles. The molecule has 4 aromatic carbocycles. The number of carbonyl (C=O) groups is 4. The number of aliphatic carboxylic acids is 2. The number of aromatic nitrogens is 8. The number of hydrogen-bond donors (Lipinski definition) is 2. The van der Waals surface area contributed by atoms with Crippen molar-refractivity contribution in [1.82, 2.24) is 51.0 Å². The van der Waals surface area contributed by atoms with Gasteiger partial charge in [0.2, 0.25) is 11.8 Å². The number of aromatic amines is 2. The van der Waals surface area contributed by atoms with Crippen LogP contribution in [0, 0.1) is 11.8 Å². The van der Waals surface area contributed by atoms with E-state index in [1.807, 2.05) is 111 Å². The molecule has 0 spiro atoms. The standard InChI is InChI=1S/2C24H29N5O3.Mg.6H2O/c2*1-4-5-10-21(30)29(22(16(2)3)24(31)32)15-17-11-13-18(14-12-17)19-8-6-7-9-20(19)23-25-27-28-26-23;;;;;;;/h2*6-9,11-14,16,22H,4-5,10,15H2,1-3H3,(H,31,32)(H,25,26,27,28);;6*1H2/q;;+2;;;;;;/p-2/t2*22-;;;;;;;/m00......./s1. The number of carboxylic acid groups (broad SMARTS) is 2. The predicted molar refractivity (Wildman–Crippen MR) is 265 cm³/mol. The zero-order valence-corrected chi connectivity index (χ0v) is 42.4. The number of tetrazole rings is 2. The molecule has 14 N–H and O–H groups in total. The first-order valence-corrected chi connectivity index (χ1v) is 21.7. The van der Waals surface area contributed by atoms with E-state index in [4.69, 9.17) is 0 Å². The van der Waals surface area contributed by atoms with Crippen LogP contribution in [0.3, 0.4) is 0 Å². The molecule has 2 atom stereocenters. The molecule has 2 heterocycles. The van der Waals surface area contributed by atoms with Crippen LogP contribution in [0.5, 0.6) is 0 Å². The first-order valence-electron chi connectivity index (χ1n) is 21.7. The third-order valence-corrected chi connectivity index (χ3v) is 10.8. The molecular weight excluding hydrogens is 933 g/mol. The van der Waals surface area contributed by atoms with Gasteiger partial charge >= 0.3 is 23.1 Å². The molecule has 6 aromatic rings. The molecule has 0 unspecified atom stereocenters. The third kappa shape index (κ3) is 18.6. The number of benzene rings is 4. The Morgan fingerprint density at radius 3 is 1.07 bits per heavy atom. The van der Waals surface area contributed by atoms with Crippen molar-refractivity contribution in [1.29, 1.82) is 0 Å². The van der Waals surface area contributed by atoms with E-state index in [-0.39, 0.29) is 92.6 Å². The monoisotopic (exact) mass is 1000 g/mol. The summed E-state index contributed by atoms with van der Waals surface area (Å²) >= 11 is 0. The second-order valence-corrected chi connectivity index (χ2v) is 16.3. The summed E-state index contributed by atoms with van der Waals surface area (Å²) in [7, 11) is 0. The molecule has 23 heteroatoms. The van der Waals surface area contributed by atoms with Gasteiger partial charge in [0.05, 0.1) is 24.0 Å². The smallest absolute Gasteiger partial charge is 0.548 e. The largest absolute Gasteiger partial charge is 2.00 e. The Bertz CT molecular complexity index is 2260. The molecule has 2 amide bonds. The van der Waals surface area contributed by atoms with Gasteiger partial charge in [-0.2, -0.15) is 0 Å². The van der Waals surface area contributed by atoms with Crippen molar-refractivity contribution in [2.24, 2.45) is 11.8 Å². The second kappa shape index (κ2) is 33.9. The van der Waals surface area contributed by atoms with Crippen molar-refractivity contribution in [3.05, 3.63) is 108 Å². The van der Waals surface area contributed by atoms with Crippen molar-refractivity contribution in [3.8, 4) is 45.0 Å². The number of unbranched alkanes of at least 4 members (excludes halogenated alkanes) is 2. The average Bonchev–Trinajstić information content (AvgIpc) is 4.04. The maximum atomic E-state index is 12.8. The maximum Gasteiger partial charge on any atom is 2.00 e. The van der Waals surface area contributed by atoms with Crippen LogP contribution in [0.1, 0.15) is 91.2 Å². The quantitative estimate of drug-likeness (QED) is 0.0977. The number of nitrogens with zero attached hydrogens (tertiary/aromatic N) is 8. The SMILES string of the molecule is CCCCC(=O)N(Cc1ccc(-c2ccccc2-c2nnn[nH]2)cc1)[C@H](C(=O)[O-])C(C)C.CCCCC(=O)N(Cc1ccc(-c2ccccc2-c2nnn[nH]2)cc1)[C@H](C(=O)[O-])C(C)C.O.O.O.O.O.O.[Mg+2]. The molecular formula is C48H68MgN10O12. The Balaban J connectivity index is -0.00000119. The van der Waals surface area contributed by atoms with E-state index in [1.165, 1.54) is 9.80 Å². The summed E-state index contributed by atoms with van der Waals surface area (Å²) in [6.07, 6.45) is 3.82. The number of H-pyrrole nitrogens is 2. The summed E-state index contributed by atoms with van der Waals surface area (Å²) in [6.45, 7) is 11.6. The maximum absolute atomic E-state index is 12.8. The van der Waals surface area contributed by atoms with Gasteiger partial charge < -0.3 is 62.5 Å². The number of carbonyl (C=O) groups excluding carboxylic acids is 4. The Morgan fingerprint density at radius 2 is 0.817 bits per heavy atom. The minimum absolute atomic E-state index is 0. The van der Waals surface area contributed by atoms with Gasteiger partial charge in [-0.3, -0.25) is 9.59 Å². The van der Waals surface area contributed by atoms with Crippen LogP contribution in [0.2, 0.25) is 0 Å². The number of carboxylic acids is 2. The summed E-state index contributed by atoms with van der Waals surface area (Å²) in [6, 6.07) is 29.1. The van der Waals surface area contributed by atoms with Crippen molar-refractivity contribution in [2.45, 2.75) is 105 Å². The van der Waals surface area contributed by atoms with Gasteiger partial charge in [-0.15, -0.1) is 10.2 Å². The molecule has 0 aliphatic heterocycles. The molecule has 0 saturated heterocycles. The van der Waals surface area contributed by atoms with E-state index in [0.29, 0.717) is 24.5 Å². The van der Waals surface area contributed by atoms with Gasteiger partial charge in [-0.25, -0.2) is 10.2 Å². The number of nitrogens with one attached hydrogen (secondary N) is 2. The van der Waals surface area contributed by atoms with E-state index in [9.17, 15) is 29.4 Å². The topological polar surface area (TPSA) is 419 Å². The van der Waals surface area contributed by atoms with Crippen molar-refractivity contribution in [3.63, 3.8) is 0 Å². The molecule has 0 saturated carbocycles. The van der Waals surface area contributed by atoms with Crippen LogP contribution in [0.15, 0.2) is 97.1 Å². The third-order valence-electron chi connectivity index (χ3n) is 10.8. The first kappa shape index (κ1) is 68.7. The molecule has 0 aliphatic rings.